The van der Waals surface area contributed by atoms with Crippen molar-refractivity contribution in [3.8, 4) is 11.5 Å². The maximum atomic E-state index is 13.3. The summed E-state index contributed by atoms with van der Waals surface area (Å²) in [6.45, 7) is 1.24. The lowest BCUT2D eigenvalue weighted by molar-refractivity contribution is -0.132. The van der Waals surface area contributed by atoms with Gasteiger partial charge in [0.25, 0.3) is 5.91 Å². The molecule has 3 heterocycles. The van der Waals surface area contributed by atoms with Crippen molar-refractivity contribution >= 4 is 39.6 Å². The van der Waals surface area contributed by atoms with Gasteiger partial charge >= 0.3 is 5.97 Å². The van der Waals surface area contributed by atoms with Gasteiger partial charge in [-0.3, -0.25) is 14.2 Å². The fourth-order valence-electron chi connectivity index (χ4n) is 5.37. The van der Waals surface area contributed by atoms with E-state index in [1.165, 1.54) is 44.9 Å². The van der Waals surface area contributed by atoms with Gasteiger partial charge in [0.05, 0.1) is 20.0 Å². The maximum Gasteiger partial charge on any atom is 0.308 e. The van der Waals surface area contributed by atoms with E-state index in [1.54, 1.807) is 4.57 Å². The molecule has 13 nitrogen and oxygen atoms in total. The monoisotopic (exact) mass is 598 g/mol. The molecule has 1 aliphatic rings. The highest BCUT2D eigenvalue weighted by atomic mass is 16.6. The van der Waals surface area contributed by atoms with Gasteiger partial charge in [-0.1, -0.05) is 42.5 Å². The SMILES string of the molecule is COc1ccc(C(=O)N[C@@H]2[C@H](O)[C@@H](CO)O[C@H]2n2cnc3c(NCc4cccc5ccccc45)ncnc32)cc1OC(C)=O. The number of carbonyl (C=O) groups is 2. The number of imidazole rings is 1. The highest BCUT2D eigenvalue weighted by molar-refractivity contribution is 5.95. The van der Waals surface area contributed by atoms with Gasteiger partial charge in [0, 0.05) is 19.0 Å². The maximum absolute atomic E-state index is 13.3. The van der Waals surface area contributed by atoms with Gasteiger partial charge in [0.2, 0.25) is 0 Å². The third-order valence-electron chi connectivity index (χ3n) is 7.49. The summed E-state index contributed by atoms with van der Waals surface area (Å²) in [4.78, 5) is 38.2. The van der Waals surface area contributed by atoms with Crippen LogP contribution in [0.5, 0.6) is 11.5 Å². The van der Waals surface area contributed by atoms with E-state index in [0.717, 1.165) is 16.3 Å². The smallest absolute Gasteiger partial charge is 0.308 e. The number of carbonyl (C=O) groups excluding carboxylic acids is 2. The molecule has 226 valence electrons. The van der Waals surface area contributed by atoms with Crippen molar-refractivity contribution in [2.75, 3.05) is 19.0 Å². The highest BCUT2D eigenvalue weighted by Gasteiger charge is 2.46. The second kappa shape index (κ2) is 12.2. The number of aromatic nitrogens is 4. The Morgan fingerprint density at radius 1 is 1.05 bits per heavy atom. The fraction of sp³-hybridized carbons (Fsp3) is 0.258. The van der Waals surface area contributed by atoms with E-state index < -0.39 is 43.0 Å². The number of benzene rings is 3. The van der Waals surface area contributed by atoms with Crippen LogP contribution in [0.3, 0.4) is 0 Å². The molecule has 0 saturated carbocycles. The molecule has 0 aliphatic carbocycles. The quantitative estimate of drug-likeness (QED) is 0.145. The van der Waals surface area contributed by atoms with Gasteiger partial charge in [0.15, 0.2) is 34.7 Å². The number of fused-ring (bicyclic) bond motifs is 2. The Bertz CT molecular complexity index is 1840. The molecule has 13 heteroatoms. The van der Waals surface area contributed by atoms with Crippen LogP contribution in [-0.2, 0) is 16.1 Å². The molecular weight excluding hydrogens is 568 g/mol. The second-order valence-electron chi connectivity index (χ2n) is 10.2. The van der Waals surface area contributed by atoms with Crippen LogP contribution in [-0.4, -0.2) is 73.6 Å². The van der Waals surface area contributed by atoms with Gasteiger partial charge in [-0.15, -0.1) is 0 Å². The lowest BCUT2D eigenvalue weighted by atomic mass is 10.0. The highest BCUT2D eigenvalue weighted by Crippen LogP contribution is 2.34. The molecule has 0 spiro atoms. The van der Waals surface area contributed by atoms with Crippen LogP contribution in [0, 0.1) is 0 Å². The molecule has 1 saturated heterocycles. The first kappa shape index (κ1) is 29.0. The molecule has 4 atom stereocenters. The predicted molar refractivity (Wildman–Crippen MR) is 159 cm³/mol. The molecule has 44 heavy (non-hydrogen) atoms. The van der Waals surface area contributed by atoms with Crippen molar-refractivity contribution < 1.29 is 34.0 Å². The number of nitrogens with zero attached hydrogens (tertiary/aromatic N) is 4. The number of aliphatic hydroxyl groups is 2. The lowest BCUT2D eigenvalue weighted by Crippen LogP contribution is -2.46. The van der Waals surface area contributed by atoms with Gasteiger partial charge in [-0.2, -0.15) is 0 Å². The molecule has 0 bridgehead atoms. The molecule has 1 aliphatic heterocycles. The third kappa shape index (κ3) is 5.51. The van der Waals surface area contributed by atoms with Crippen molar-refractivity contribution in [2.24, 2.45) is 0 Å². The summed E-state index contributed by atoms with van der Waals surface area (Å²) >= 11 is 0. The number of hydrogen-bond donors (Lipinski definition) is 4. The number of rotatable bonds is 9. The van der Waals surface area contributed by atoms with Crippen LogP contribution in [0.4, 0.5) is 5.82 Å². The Kier molecular flexibility index (Phi) is 8.07. The molecule has 1 amide bonds. The van der Waals surface area contributed by atoms with E-state index in [1.807, 2.05) is 24.3 Å². The van der Waals surface area contributed by atoms with Gasteiger partial charge in [-0.05, 0) is 34.5 Å². The van der Waals surface area contributed by atoms with Crippen LogP contribution < -0.4 is 20.1 Å². The predicted octanol–water partition coefficient (Wildman–Crippen LogP) is 2.57. The Balaban J connectivity index is 1.27. The Morgan fingerprint density at radius 2 is 1.86 bits per heavy atom. The Labute approximate surface area is 251 Å². The summed E-state index contributed by atoms with van der Waals surface area (Å²) < 4.78 is 18.0. The zero-order valence-corrected chi connectivity index (χ0v) is 23.9. The summed E-state index contributed by atoms with van der Waals surface area (Å²) in [6.07, 6.45) is -0.333. The molecule has 4 N–H and O–H groups in total. The first-order chi connectivity index (χ1) is 21.4. The summed E-state index contributed by atoms with van der Waals surface area (Å²) in [6, 6.07) is 17.6. The summed E-state index contributed by atoms with van der Waals surface area (Å²) in [5.74, 6) is -0.314. The van der Waals surface area contributed by atoms with Crippen molar-refractivity contribution in [3.63, 3.8) is 0 Å². The van der Waals surface area contributed by atoms with Gasteiger partial charge in [0.1, 0.15) is 24.6 Å². The number of nitrogens with one attached hydrogen (secondary N) is 2. The van der Waals surface area contributed by atoms with Crippen LogP contribution >= 0.6 is 0 Å². The minimum Gasteiger partial charge on any atom is -0.493 e. The lowest BCUT2D eigenvalue weighted by Gasteiger charge is -2.23. The van der Waals surface area contributed by atoms with Crippen molar-refractivity contribution in [1.82, 2.24) is 24.8 Å². The van der Waals surface area contributed by atoms with E-state index in [4.69, 9.17) is 14.2 Å². The summed E-state index contributed by atoms with van der Waals surface area (Å²) in [5, 5.41) is 29.3. The third-order valence-corrected chi connectivity index (χ3v) is 7.49. The number of esters is 1. The van der Waals surface area contributed by atoms with E-state index in [-0.39, 0.29) is 17.1 Å². The molecule has 0 unspecified atom stereocenters. The average molecular weight is 599 g/mol. The van der Waals surface area contributed by atoms with Crippen molar-refractivity contribution in [1.29, 1.82) is 0 Å². The molecule has 6 rings (SSSR count). The molecule has 3 aromatic carbocycles. The molecule has 2 aromatic heterocycles. The van der Waals surface area contributed by atoms with Crippen LogP contribution in [0.15, 0.2) is 73.3 Å². The van der Waals surface area contributed by atoms with E-state index in [0.29, 0.717) is 23.5 Å². The summed E-state index contributed by atoms with van der Waals surface area (Å²) in [5.41, 5.74) is 2.10. The zero-order valence-electron chi connectivity index (χ0n) is 23.9. The largest absolute Gasteiger partial charge is 0.493 e. The van der Waals surface area contributed by atoms with E-state index in [9.17, 15) is 19.8 Å². The number of methoxy groups -OCH3 is 1. The standard InChI is InChI=1S/C31H30N6O7/c1-17(39)43-23-12-19(10-11-22(23)42-2)30(41)36-25-27(40)24(14-38)44-31(25)37-16-35-26-28(33-15-34-29(26)37)32-13-20-8-5-7-18-6-3-4-9-21(18)20/h3-12,15-16,24-25,27,31,38,40H,13-14H2,1-2H3,(H,36,41)(H,32,33,34)/t24-,25-,27-,31-/m1/s1. The van der Waals surface area contributed by atoms with Crippen LogP contribution in [0.2, 0.25) is 0 Å². The van der Waals surface area contributed by atoms with Gasteiger partial charge in [-0.25, -0.2) is 15.0 Å². The second-order valence-corrected chi connectivity index (χ2v) is 10.2. The average Bonchev–Trinajstić information content (AvgIpc) is 3.60. The molecule has 1 fully saturated rings. The van der Waals surface area contributed by atoms with E-state index >= 15 is 0 Å². The first-order valence-electron chi connectivity index (χ1n) is 13.9. The summed E-state index contributed by atoms with van der Waals surface area (Å²) in [7, 11) is 1.41. The van der Waals surface area contributed by atoms with Crippen molar-refractivity contribution in [3.05, 3.63) is 84.4 Å². The van der Waals surface area contributed by atoms with E-state index in [2.05, 4.69) is 43.8 Å². The molecule has 5 aromatic rings. The number of hydrogen-bond acceptors (Lipinski definition) is 11. The fourth-order valence-corrected chi connectivity index (χ4v) is 5.37. The zero-order chi connectivity index (χ0) is 30.8. The number of anilines is 1. The van der Waals surface area contributed by atoms with Gasteiger partial charge < -0.3 is 35.1 Å². The molecular formula is C31H30N6O7. The number of amides is 1. The van der Waals surface area contributed by atoms with Crippen molar-refractivity contribution in [2.45, 2.75) is 37.9 Å². The molecule has 0 radical (unpaired) electrons. The van der Waals surface area contributed by atoms with Crippen LogP contribution in [0.1, 0.15) is 29.1 Å². The first-order valence-corrected chi connectivity index (χ1v) is 13.9. The normalized spacial score (nSPS) is 19.6. The number of ether oxygens (including phenoxy) is 3. The minimum atomic E-state index is -1.26. The topological polar surface area (TPSA) is 170 Å². The number of aliphatic hydroxyl groups excluding tert-OH is 2. The Morgan fingerprint density at radius 3 is 2.66 bits per heavy atom. The Hall–Kier alpha value is -5.11. The minimum absolute atomic E-state index is 0.0708. The van der Waals surface area contributed by atoms with Crippen LogP contribution in [0.25, 0.3) is 21.9 Å².